The number of imidazole rings is 1. The van der Waals surface area contributed by atoms with Gasteiger partial charge in [-0.2, -0.15) is 5.26 Å². The zero-order chi connectivity index (χ0) is 15.7. The summed E-state index contributed by atoms with van der Waals surface area (Å²) >= 11 is 2.11. The lowest BCUT2D eigenvalue weighted by Gasteiger charge is -2.10. The Kier molecular flexibility index (Phi) is 3.94. The number of rotatable bonds is 3. The van der Waals surface area contributed by atoms with E-state index < -0.39 is 5.92 Å². The molecule has 1 aromatic heterocycles. The van der Waals surface area contributed by atoms with Gasteiger partial charge in [-0.15, -0.1) is 0 Å². The quantitative estimate of drug-likeness (QED) is 0.497. The summed E-state index contributed by atoms with van der Waals surface area (Å²) in [5.74, 6) is -0.646. The first kappa shape index (κ1) is 14.7. The molecule has 22 heavy (non-hydrogen) atoms. The second-order valence-electron chi connectivity index (χ2n) is 4.92. The summed E-state index contributed by atoms with van der Waals surface area (Å²) in [7, 11) is 1.83. The van der Waals surface area contributed by atoms with Gasteiger partial charge in [0, 0.05) is 16.2 Å². The topological polar surface area (TPSA) is 58.7 Å². The number of ketones is 1. The molecule has 3 aromatic rings. The molecule has 0 aliphatic heterocycles. The number of nitriles is 1. The number of Topliss-reactive ketones (excluding diaryl/α,β-unsaturated/α-hetero) is 1. The molecule has 0 unspecified atom stereocenters. The number of benzene rings is 2. The van der Waals surface area contributed by atoms with Crippen molar-refractivity contribution < 1.29 is 4.79 Å². The highest BCUT2D eigenvalue weighted by atomic mass is 127. The average molecular weight is 401 g/mol. The van der Waals surface area contributed by atoms with Crippen LogP contribution in [-0.2, 0) is 7.05 Å². The van der Waals surface area contributed by atoms with Gasteiger partial charge in [-0.25, -0.2) is 4.98 Å². The molecule has 108 valence electrons. The second kappa shape index (κ2) is 5.89. The second-order valence-corrected chi connectivity index (χ2v) is 6.09. The average Bonchev–Trinajstić information content (AvgIpc) is 2.86. The first-order valence-electron chi connectivity index (χ1n) is 6.73. The Morgan fingerprint density at radius 1 is 1.23 bits per heavy atom. The van der Waals surface area contributed by atoms with Crippen LogP contribution in [0.2, 0.25) is 0 Å². The molecule has 1 heterocycles. The van der Waals surface area contributed by atoms with Crippen molar-refractivity contribution in [2.24, 2.45) is 7.05 Å². The highest BCUT2D eigenvalue weighted by Gasteiger charge is 2.27. The maximum Gasteiger partial charge on any atom is 0.188 e. The fraction of sp³-hybridized carbons (Fsp3) is 0.118. The van der Waals surface area contributed by atoms with Crippen LogP contribution in [0.1, 0.15) is 22.1 Å². The summed E-state index contributed by atoms with van der Waals surface area (Å²) in [6, 6.07) is 17.0. The third kappa shape index (κ3) is 2.40. The number of nitrogens with zero attached hydrogens (tertiary/aromatic N) is 3. The molecule has 0 spiro atoms. The van der Waals surface area contributed by atoms with Crippen LogP contribution in [-0.4, -0.2) is 15.3 Å². The van der Waals surface area contributed by atoms with E-state index in [9.17, 15) is 10.1 Å². The Morgan fingerprint density at radius 2 is 1.91 bits per heavy atom. The summed E-state index contributed by atoms with van der Waals surface area (Å²) in [5.41, 5.74) is 2.26. The van der Waals surface area contributed by atoms with Crippen molar-refractivity contribution in [2.45, 2.75) is 5.92 Å². The number of carbonyl (C=O) groups is 1. The fourth-order valence-corrected chi connectivity index (χ4v) is 3.13. The fourth-order valence-electron chi connectivity index (χ4n) is 2.47. The monoisotopic (exact) mass is 401 g/mol. The summed E-state index contributed by atoms with van der Waals surface area (Å²) in [5, 5.41) is 9.53. The molecule has 0 bridgehead atoms. The molecule has 2 aromatic carbocycles. The Morgan fingerprint density at radius 3 is 2.59 bits per heavy atom. The van der Waals surface area contributed by atoms with Crippen LogP contribution in [0.4, 0.5) is 0 Å². The zero-order valence-electron chi connectivity index (χ0n) is 11.8. The summed E-state index contributed by atoms with van der Waals surface area (Å²) in [4.78, 5) is 17.2. The maximum atomic E-state index is 12.7. The molecule has 0 saturated carbocycles. The van der Waals surface area contributed by atoms with Gasteiger partial charge < -0.3 is 4.57 Å². The number of carbonyl (C=O) groups excluding carboxylic acids is 1. The van der Waals surface area contributed by atoms with Crippen LogP contribution >= 0.6 is 22.6 Å². The van der Waals surface area contributed by atoms with Crippen LogP contribution in [0, 0.1) is 14.9 Å². The molecule has 0 aliphatic rings. The molecule has 0 saturated heterocycles. The van der Waals surface area contributed by atoms with Crippen LogP contribution < -0.4 is 0 Å². The summed E-state index contributed by atoms with van der Waals surface area (Å²) in [6.07, 6.45) is 0. The van der Waals surface area contributed by atoms with Gasteiger partial charge in [0.1, 0.15) is 5.82 Å². The SMILES string of the molecule is Cn1c([C@H](C#N)C(=O)c2ccccc2I)nc2ccccc21. The van der Waals surface area contributed by atoms with E-state index >= 15 is 0 Å². The van der Waals surface area contributed by atoms with E-state index in [1.54, 1.807) is 12.1 Å². The predicted molar refractivity (Wildman–Crippen MR) is 92.6 cm³/mol. The highest BCUT2D eigenvalue weighted by Crippen LogP contribution is 2.25. The Balaban J connectivity index is 2.11. The van der Waals surface area contributed by atoms with Crippen LogP contribution in [0.25, 0.3) is 11.0 Å². The molecule has 0 fully saturated rings. The summed E-state index contributed by atoms with van der Waals surface area (Å²) < 4.78 is 2.65. The Hall–Kier alpha value is -2.20. The zero-order valence-corrected chi connectivity index (χ0v) is 14.0. The van der Waals surface area contributed by atoms with Gasteiger partial charge in [0.05, 0.1) is 17.1 Å². The van der Waals surface area contributed by atoms with Gasteiger partial charge in [-0.3, -0.25) is 4.79 Å². The van der Waals surface area contributed by atoms with Gasteiger partial charge in [-0.05, 0) is 40.8 Å². The van der Waals surface area contributed by atoms with E-state index in [4.69, 9.17) is 0 Å². The van der Waals surface area contributed by atoms with Crippen LogP contribution in [0.3, 0.4) is 0 Å². The van der Waals surface area contributed by atoms with Crippen molar-refractivity contribution in [1.29, 1.82) is 5.26 Å². The molecule has 0 N–H and O–H groups in total. The van der Waals surface area contributed by atoms with E-state index in [1.807, 2.05) is 48.0 Å². The number of aryl methyl sites for hydroxylation is 1. The lowest BCUT2D eigenvalue weighted by molar-refractivity contribution is 0.0974. The molecule has 1 atom stereocenters. The number of para-hydroxylation sites is 2. The molecular weight excluding hydrogens is 389 g/mol. The van der Waals surface area contributed by atoms with Crippen molar-refractivity contribution in [2.75, 3.05) is 0 Å². The van der Waals surface area contributed by atoms with Crippen molar-refractivity contribution >= 4 is 39.4 Å². The van der Waals surface area contributed by atoms with Crippen molar-refractivity contribution in [1.82, 2.24) is 9.55 Å². The van der Waals surface area contributed by atoms with Gasteiger partial charge in [-0.1, -0.05) is 30.3 Å². The van der Waals surface area contributed by atoms with E-state index in [-0.39, 0.29) is 5.78 Å². The number of aromatic nitrogens is 2. The predicted octanol–water partition coefficient (Wildman–Crippen LogP) is 3.67. The van der Waals surface area contributed by atoms with Gasteiger partial charge in [0.15, 0.2) is 11.7 Å². The van der Waals surface area contributed by atoms with E-state index in [0.717, 1.165) is 14.6 Å². The molecule has 5 heteroatoms. The van der Waals surface area contributed by atoms with Crippen molar-refractivity contribution in [3.8, 4) is 6.07 Å². The largest absolute Gasteiger partial charge is 0.330 e. The molecule has 3 rings (SSSR count). The minimum Gasteiger partial charge on any atom is -0.330 e. The first-order valence-corrected chi connectivity index (χ1v) is 7.81. The Labute approximate surface area is 141 Å². The number of fused-ring (bicyclic) bond motifs is 1. The first-order chi connectivity index (χ1) is 10.6. The molecule has 4 nitrogen and oxygen atoms in total. The van der Waals surface area contributed by atoms with E-state index in [2.05, 4.69) is 33.6 Å². The highest BCUT2D eigenvalue weighted by molar-refractivity contribution is 14.1. The smallest absolute Gasteiger partial charge is 0.188 e. The van der Waals surface area contributed by atoms with Gasteiger partial charge in [0.25, 0.3) is 0 Å². The normalized spacial score (nSPS) is 12.0. The standard InChI is InChI=1S/C17H12IN3O/c1-21-15-9-5-4-8-14(15)20-17(21)12(10-19)16(22)11-6-2-3-7-13(11)18/h2-9,12H,1H3/t12-/m1/s1. The van der Waals surface area contributed by atoms with Crippen LogP contribution in [0.15, 0.2) is 48.5 Å². The van der Waals surface area contributed by atoms with Crippen molar-refractivity contribution in [3.05, 3.63) is 63.5 Å². The maximum absolute atomic E-state index is 12.7. The molecular formula is C17H12IN3O. The molecule has 0 radical (unpaired) electrons. The number of hydrogen-bond acceptors (Lipinski definition) is 3. The molecule has 0 amide bonds. The number of halogens is 1. The van der Waals surface area contributed by atoms with Gasteiger partial charge >= 0.3 is 0 Å². The third-order valence-electron chi connectivity index (χ3n) is 3.61. The molecule has 0 aliphatic carbocycles. The summed E-state index contributed by atoms with van der Waals surface area (Å²) in [6.45, 7) is 0. The Bertz CT molecular complexity index is 908. The number of hydrogen-bond donors (Lipinski definition) is 0. The van der Waals surface area contributed by atoms with E-state index in [0.29, 0.717) is 11.4 Å². The lowest BCUT2D eigenvalue weighted by atomic mass is 9.98. The van der Waals surface area contributed by atoms with Crippen LogP contribution in [0.5, 0.6) is 0 Å². The minimum absolute atomic E-state index is 0.217. The third-order valence-corrected chi connectivity index (χ3v) is 4.55. The van der Waals surface area contributed by atoms with Crippen molar-refractivity contribution in [3.63, 3.8) is 0 Å². The minimum atomic E-state index is -0.909. The lowest BCUT2D eigenvalue weighted by Crippen LogP contribution is -2.16. The van der Waals surface area contributed by atoms with Gasteiger partial charge in [0.2, 0.25) is 0 Å². The van der Waals surface area contributed by atoms with E-state index in [1.165, 1.54) is 0 Å².